The van der Waals surface area contributed by atoms with Crippen molar-refractivity contribution in [2.24, 2.45) is 11.8 Å². The fourth-order valence-corrected chi connectivity index (χ4v) is 6.49. The van der Waals surface area contributed by atoms with Crippen LogP contribution < -0.4 is 19.8 Å². The predicted octanol–water partition coefficient (Wildman–Crippen LogP) is 3.80. The Labute approximate surface area is 224 Å². The summed E-state index contributed by atoms with van der Waals surface area (Å²) >= 11 is 5.17. The first-order chi connectivity index (χ1) is 17.8. The monoisotopic (exact) mass is 595 g/mol. The quantitative estimate of drug-likeness (QED) is 0.417. The topological polar surface area (TPSA) is 110 Å². The maximum atomic E-state index is 13.3. The van der Waals surface area contributed by atoms with Crippen molar-refractivity contribution in [1.82, 2.24) is 19.9 Å². The lowest BCUT2D eigenvalue weighted by atomic mass is 9.93. The third-order valence-corrected chi connectivity index (χ3v) is 9.20. The molecule has 1 aromatic carbocycles. The van der Waals surface area contributed by atoms with Gasteiger partial charge in [-0.25, -0.2) is 13.3 Å². The number of rotatable bonds is 6. The number of nitrogens with zero attached hydrogens (tertiary/aromatic N) is 4. The molecule has 13 heteroatoms. The molecule has 2 aromatic heterocycles. The van der Waals surface area contributed by atoms with Crippen LogP contribution >= 0.6 is 27.7 Å². The Hall–Kier alpha value is -2.67. The third kappa shape index (κ3) is 4.83. The maximum absolute atomic E-state index is 13.3. The van der Waals surface area contributed by atoms with Crippen LogP contribution in [0.5, 0.6) is 11.5 Å². The molecule has 1 saturated carbocycles. The van der Waals surface area contributed by atoms with Gasteiger partial charge in [-0.1, -0.05) is 4.98 Å². The van der Waals surface area contributed by atoms with E-state index >= 15 is 0 Å². The number of ether oxygens (including phenoxy) is 2. The van der Waals surface area contributed by atoms with E-state index in [0.29, 0.717) is 67.2 Å². The molecule has 37 heavy (non-hydrogen) atoms. The molecule has 2 aliphatic heterocycles. The Bertz CT molecular complexity index is 1360. The number of benzene rings is 1. The van der Waals surface area contributed by atoms with Crippen LogP contribution in [0.2, 0.25) is 0 Å². The minimum atomic E-state index is -2.82. The molecule has 1 saturated heterocycles. The highest BCUT2D eigenvalue weighted by Gasteiger charge is 2.62. The van der Waals surface area contributed by atoms with Crippen molar-refractivity contribution in [3.8, 4) is 11.5 Å². The van der Waals surface area contributed by atoms with Crippen molar-refractivity contribution in [3.05, 3.63) is 22.9 Å². The summed E-state index contributed by atoms with van der Waals surface area (Å²) in [5.74, 6) is -2.18. The van der Waals surface area contributed by atoms with Gasteiger partial charge in [0.25, 0.3) is 11.1 Å². The molecule has 1 amide bonds. The normalized spacial score (nSPS) is 20.8. The number of nitrogens with one attached hydrogen (secondary N) is 1. The Morgan fingerprint density at radius 3 is 2.65 bits per heavy atom. The molecule has 1 aliphatic carbocycles. The summed E-state index contributed by atoms with van der Waals surface area (Å²) in [5.41, 5.74) is 7.53. The van der Waals surface area contributed by atoms with E-state index in [-0.39, 0.29) is 6.42 Å². The number of likely N-dealkylation sites (tertiary alicyclic amines) is 1. The first-order valence-corrected chi connectivity index (χ1v) is 13.9. The van der Waals surface area contributed by atoms with Crippen LogP contribution in [0, 0.1) is 11.8 Å². The van der Waals surface area contributed by atoms with Crippen LogP contribution in [0.1, 0.15) is 25.7 Å². The van der Waals surface area contributed by atoms with Gasteiger partial charge < -0.3 is 20.1 Å². The van der Waals surface area contributed by atoms with Gasteiger partial charge in [0, 0.05) is 28.9 Å². The number of nitrogens with two attached hydrogens (primary N) is 1. The van der Waals surface area contributed by atoms with Crippen molar-refractivity contribution < 1.29 is 27.6 Å². The van der Waals surface area contributed by atoms with Gasteiger partial charge in [0.1, 0.15) is 19.1 Å². The first kappa shape index (κ1) is 24.7. The Morgan fingerprint density at radius 2 is 1.95 bits per heavy atom. The number of hydrogen-bond donors (Lipinski definition) is 2. The van der Waals surface area contributed by atoms with E-state index in [1.165, 1.54) is 18.1 Å². The molecule has 3 N–H and O–H groups in total. The molecular formula is C24H26BrF2N6O3S+. The maximum Gasteiger partial charge on any atom is 0.308 e. The summed E-state index contributed by atoms with van der Waals surface area (Å²) in [5, 5.41) is 0.850. The van der Waals surface area contributed by atoms with Crippen LogP contribution in [0.25, 0.3) is 11.2 Å². The zero-order valence-electron chi connectivity index (χ0n) is 19.9. The highest BCUT2D eigenvalue weighted by molar-refractivity contribution is 9.10. The number of halogens is 3. The lowest BCUT2D eigenvalue weighted by Crippen LogP contribution is -2.42. The molecule has 196 valence electrons. The number of carbonyl (C=O) groups is 1. The summed E-state index contributed by atoms with van der Waals surface area (Å²) in [6.07, 6.45) is 3.58. The van der Waals surface area contributed by atoms with Gasteiger partial charge in [0.05, 0.1) is 6.54 Å². The molecule has 0 spiro atoms. The first-order valence-electron chi connectivity index (χ1n) is 12.3. The molecule has 4 heterocycles. The number of alkyl halides is 2. The number of aromatic amines is 1. The van der Waals surface area contributed by atoms with Gasteiger partial charge >= 0.3 is 5.65 Å². The highest BCUT2D eigenvalue weighted by atomic mass is 79.9. The number of nitrogen functional groups attached to an aromatic ring is 1. The van der Waals surface area contributed by atoms with Crippen LogP contribution in [-0.4, -0.2) is 58.0 Å². The minimum absolute atomic E-state index is 0.312. The predicted molar refractivity (Wildman–Crippen MR) is 135 cm³/mol. The van der Waals surface area contributed by atoms with Crippen molar-refractivity contribution in [2.45, 2.75) is 48.2 Å². The van der Waals surface area contributed by atoms with E-state index in [1.54, 1.807) is 4.90 Å². The van der Waals surface area contributed by atoms with Crippen LogP contribution in [0.15, 0.2) is 33.0 Å². The molecule has 3 aromatic rings. The Morgan fingerprint density at radius 1 is 1.24 bits per heavy atom. The Kier molecular flexibility index (Phi) is 6.38. The number of aryl methyl sites for hydroxylation is 1. The average Bonchev–Trinajstić information content (AvgIpc) is 3.38. The van der Waals surface area contributed by atoms with Gasteiger partial charge in [-0.3, -0.25) is 9.78 Å². The number of piperidine rings is 1. The third-order valence-electron chi connectivity index (χ3n) is 7.20. The van der Waals surface area contributed by atoms with Gasteiger partial charge in [-0.2, -0.15) is 4.98 Å². The lowest BCUT2D eigenvalue weighted by molar-refractivity contribution is -0.711. The summed E-state index contributed by atoms with van der Waals surface area (Å²) in [6.45, 7) is 2.75. The van der Waals surface area contributed by atoms with Crippen LogP contribution in [-0.2, 0) is 11.3 Å². The summed E-state index contributed by atoms with van der Waals surface area (Å²) in [4.78, 5) is 26.9. The van der Waals surface area contributed by atoms with Crippen LogP contribution in [0.3, 0.4) is 0 Å². The Balaban J connectivity index is 1.18. The molecule has 1 unspecified atom stereocenters. The number of H-pyrrole nitrogens is 1. The molecule has 0 radical (unpaired) electrons. The minimum Gasteiger partial charge on any atom is -0.486 e. The number of hydrogen-bond acceptors (Lipinski definition) is 7. The fraction of sp³-hybridized carbons (Fsp3) is 0.500. The van der Waals surface area contributed by atoms with Crippen molar-refractivity contribution in [2.75, 3.05) is 32.0 Å². The molecule has 3 aliphatic rings. The standard InChI is InChI=1S/C24H25BrF2N6O3S/c25-15-9-16-17(36-8-7-35-16)10-18(15)37-23-31-19-20(28)29-12-30-21(19)33(23)6-3-13-1-4-32(5-2-13)22(34)14-11-24(14,26)27/h9-10,12-14H,1-8,11H2,(H2,28,29,30)/p+1. The fourth-order valence-electron chi connectivity index (χ4n) is 4.96. The summed E-state index contributed by atoms with van der Waals surface area (Å²) in [7, 11) is 0. The van der Waals surface area contributed by atoms with E-state index < -0.39 is 17.7 Å². The molecular weight excluding hydrogens is 570 g/mol. The zero-order valence-corrected chi connectivity index (χ0v) is 22.3. The van der Waals surface area contributed by atoms with E-state index in [0.717, 1.165) is 33.8 Å². The molecule has 1 atom stereocenters. The molecule has 2 fully saturated rings. The lowest BCUT2D eigenvalue weighted by Gasteiger charge is -2.32. The van der Waals surface area contributed by atoms with Crippen LogP contribution in [0.4, 0.5) is 14.6 Å². The van der Waals surface area contributed by atoms with E-state index in [2.05, 4.69) is 35.4 Å². The molecule has 6 rings (SSSR count). The molecule has 0 bridgehead atoms. The summed E-state index contributed by atoms with van der Waals surface area (Å²) in [6, 6.07) is 3.86. The van der Waals surface area contributed by atoms with E-state index in [1.807, 2.05) is 12.1 Å². The van der Waals surface area contributed by atoms with Crippen molar-refractivity contribution in [1.29, 1.82) is 0 Å². The average molecular weight is 596 g/mol. The second-order valence-electron chi connectivity index (χ2n) is 9.64. The van der Waals surface area contributed by atoms with Gasteiger partial charge in [0.2, 0.25) is 11.4 Å². The number of amides is 1. The second kappa shape index (κ2) is 9.57. The molecule has 9 nitrogen and oxygen atoms in total. The van der Waals surface area contributed by atoms with Gasteiger partial charge in [-0.15, -0.1) is 0 Å². The largest absolute Gasteiger partial charge is 0.486 e. The number of imidazole rings is 1. The number of anilines is 1. The summed E-state index contributed by atoms with van der Waals surface area (Å²) < 4.78 is 41.1. The van der Waals surface area contributed by atoms with Crippen molar-refractivity contribution in [3.63, 3.8) is 0 Å². The SMILES string of the molecule is Nc1ncnc2c1[nH]c(Sc1cc3c(cc1Br)OCCO3)[n+]2CCC1CCN(C(=O)C2CC2(F)F)CC1. The number of fused-ring (bicyclic) bond motifs is 2. The highest BCUT2D eigenvalue weighted by Crippen LogP contribution is 2.50. The smallest absolute Gasteiger partial charge is 0.308 e. The number of aromatic nitrogens is 4. The number of carbonyl (C=O) groups excluding carboxylic acids is 1. The van der Waals surface area contributed by atoms with E-state index in [4.69, 9.17) is 15.2 Å². The van der Waals surface area contributed by atoms with Gasteiger partial charge in [0.15, 0.2) is 23.6 Å². The van der Waals surface area contributed by atoms with Gasteiger partial charge in [-0.05, 0) is 65.0 Å². The zero-order chi connectivity index (χ0) is 25.7. The second-order valence-corrected chi connectivity index (χ2v) is 11.5. The van der Waals surface area contributed by atoms with E-state index in [9.17, 15) is 13.6 Å². The van der Waals surface area contributed by atoms with Crippen molar-refractivity contribution >= 4 is 50.6 Å².